The Morgan fingerprint density at radius 2 is 2.50 bits per heavy atom. The van der Waals surface area contributed by atoms with Gasteiger partial charge in [-0.2, -0.15) is 0 Å². The van der Waals surface area contributed by atoms with Crippen molar-refractivity contribution in [3.05, 3.63) is 0 Å². The number of rotatable bonds is 1. The van der Waals surface area contributed by atoms with Gasteiger partial charge >= 0.3 is 52.4 Å². The summed E-state index contributed by atoms with van der Waals surface area (Å²) in [4.78, 5) is 9.90. The molecular formula is C3H5O2Tl. The van der Waals surface area contributed by atoms with Gasteiger partial charge in [0.25, 0.3) is 0 Å². The molecule has 0 aliphatic rings. The summed E-state index contributed by atoms with van der Waals surface area (Å²) < 4.78 is 4.43. The van der Waals surface area contributed by atoms with Gasteiger partial charge in [0.15, 0.2) is 0 Å². The molecule has 32 valence electrons. The first-order valence-corrected chi connectivity index (χ1v) is 3.94. The first kappa shape index (κ1) is 6.39. The molecule has 0 radical (unpaired) electrons. The summed E-state index contributed by atoms with van der Waals surface area (Å²) in [7, 11) is 0. The normalized spacial score (nSPS) is 7.33. The topological polar surface area (TPSA) is 26.3 Å². The Morgan fingerprint density at radius 3 is 2.50 bits per heavy atom. The molecule has 0 fully saturated rings. The van der Waals surface area contributed by atoms with Crippen LogP contribution in [0.4, 0.5) is 4.79 Å². The van der Waals surface area contributed by atoms with Gasteiger partial charge in [-0.3, -0.25) is 0 Å². The van der Waals surface area contributed by atoms with Crippen molar-refractivity contribution >= 4 is 29.3 Å². The van der Waals surface area contributed by atoms with Crippen LogP contribution in [0.2, 0.25) is 0 Å². The predicted octanol–water partition coefficient (Wildman–Crippen LogP) is 0.311. The van der Waals surface area contributed by atoms with Crippen molar-refractivity contribution in [2.24, 2.45) is 0 Å². The van der Waals surface area contributed by atoms with E-state index in [1.807, 2.05) is 0 Å². The van der Waals surface area contributed by atoms with Gasteiger partial charge in [0.1, 0.15) is 0 Å². The fourth-order valence-corrected chi connectivity index (χ4v) is 0.790. The molecule has 0 atom stereocenters. The summed E-state index contributed by atoms with van der Waals surface area (Å²) in [5.74, 6) is 0. The van der Waals surface area contributed by atoms with E-state index in [1.165, 1.54) is 0 Å². The van der Waals surface area contributed by atoms with Gasteiger partial charge in [-0.15, -0.1) is 0 Å². The van der Waals surface area contributed by atoms with Crippen LogP contribution in [0, 0.1) is 0 Å². The molecule has 0 rings (SSSR count). The summed E-state index contributed by atoms with van der Waals surface area (Å²) in [6.07, 6.45) is 0. The molecule has 0 N–H and O–H groups in total. The number of hydrogen-bond acceptors (Lipinski definition) is 2. The van der Waals surface area contributed by atoms with E-state index in [0.29, 0.717) is 32.4 Å². The maximum atomic E-state index is 9.90. The molecule has 0 saturated carbocycles. The van der Waals surface area contributed by atoms with E-state index in [2.05, 4.69) is 4.74 Å². The molecule has 0 bridgehead atoms. The van der Waals surface area contributed by atoms with Crippen LogP contribution in [0.1, 0.15) is 6.92 Å². The SMILES string of the molecule is CCO[C](=O)[Tl]. The van der Waals surface area contributed by atoms with Crippen molar-refractivity contribution in [3.8, 4) is 0 Å². The van der Waals surface area contributed by atoms with Crippen LogP contribution in [0.5, 0.6) is 0 Å². The van der Waals surface area contributed by atoms with Crippen LogP contribution in [0.15, 0.2) is 0 Å². The second-order valence-corrected chi connectivity index (χ2v) is 2.58. The minimum absolute atomic E-state index is 0.0440. The Kier molecular flexibility index (Phi) is 3.81. The van der Waals surface area contributed by atoms with Crippen LogP contribution in [-0.2, 0) is 4.74 Å². The fourth-order valence-electron chi connectivity index (χ4n) is 0.142. The number of carbonyl (C=O) groups excluding carboxylic acids is 1. The van der Waals surface area contributed by atoms with E-state index in [-0.39, 0.29) is 3.53 Å². The summed E-state index contributed by atoms with van der Waals surface area (Å²) >= 11 is 0.343. The second kappa shape index (κ2) is 3.58. The van der Waals surface area contributed by atoms with Gasteiger partial charge in [-0.25, -0.2) is 0 Å². The Morgan fingerprint density at radius 1 is 2.00 bits per heavy atom. The van der Waals surface area contributed by atoms with E-state index in [4.69, 9.17) is 0 Å². The fraction of sp³-hybridized carbons (Fsp3) is 0.667. The van der Waals surface area contributed by atoms with Crippen molar-refractivity contribution in [2.45, 2.75) is 6.92 Å². The number of hydrogen-bond donors (Lipinski definition) is 0. The zero-order chi connectivity index (χ0) is 4.99. The molecule has 0 aliphatic carbocycles. The van der Waals surface area contributed by atoms with E-state index < -0.39 is 0 Å². The number of carbonyl (C=O) groups is 1. The van der Waals surface area contributed by atoms with Gasteiger partial charge in [-0.1, -0.05) is 0 Å². The Bertz CT molecular complexity index is 52.8. The van der Waals surface area contributed by atoms with Crippen molar-refractivity contribution in [1.82, 2.24) is 0 Å². The molecule has 0 unspecified atom stereocenters. The number of ether oxygens (including phenoxy) is 1. The summed E-state index contributed by atoms with van der Waals surface area (Å²) in [5, 5.41) is 0. The summed E-state index contributed by atoms with van der Waals surface area (Å²) in [6, 6.07) is 0. The summed E-state index contributed by atoms with van der Waals surface area (Å²) in [5.41, 5.74) is 0. The molecule has 0 saturated heterocycles. The Hall–Kier alpha value is 0.392. The average Bonchev–Trinajstić information content (AvgIpc) is 1.35. The quantitative estimate of drug-likeness (QED) is 0.645. The van der Waals surface area contributed by atoms with Crippen LogP contribution in [0.3, 0.4) is 0 Å². The van der Waals surface area contributed by atoms with Crippen molar-refractivity contribution in [3.63, 3.8) is 0 Å². The molecule has 6 heavy (non-hydrogen) atoms. The van der Waals surface area contributed by atoms with Crippen LogP contribution in [-0.4, -0.2) is 35.9 Å². The summed E-state index contributed by atoms with van der Waals surface area (Å²) in [6.45, 7) is 2.33. The molecule has 0 heterocycles. The van der Waals surface area contributed by atoms with Gasteiger partial charge in [0, 0.05) is 0 Å². The average molecular weight is 277 g/mol. The molecule has 0 aliphatic heterocycles. The van der Waals surface area contributed by atoms with E-state index in [1.54, 1.807) is 6.92 Å². The van der Waals surface area contributed by atoms with Gasteiger partial charge in [0.2, 0.25) is 0 Å². The molecule has 0 aromatic heterocycles. The van der Waals surface area contributed by atoms with Crippen LogP contribution < -0.4 is 0 Å². The zero-order valence-corrected chi connectivity index (χ0v) is 8.09. The molecule has 3 heteroatoms. The van der Waals surface area contributed by atoms with Gasteiger partial charge in [0.05, 0.1) is 0 Å². The van der Waals surface area contributed by atoms with E-state index in [9.17, 15) is 4.79 Å². The Labute approximate surface area is 52.6 Å². The van der Waals surface area contributed by atoms with Crippen molar-refractivity contribution < 1.29 is 9.53 Å². The molecule has 0 spiro atoms. The molecule has 0 aromatic carbocycles. The predicted molar refractivity (Wildman–Crippen MR) is 22.8 cm³/mol. The molecule has 2 nitrogen and oxygen atoms in total. The van der Waals surface area contributed by atoms with E-state index in [0.717, 1.165) is 0 Å². The first-order valence-electron chi connectivity index (χ1n) is 1.69. The third-order valence-corrected chi connectivity index (χ3v) is 0.935. The van der Waals surface area contributed by atoms with Gasteiger partial charge < -0.3 is 0 Å². The Balaban J connectivity index is 2.83. The van der Waals surface area contributed by atoms with Crippen LogP contribution >= 0.6 is 0 Å². The molecular weight excluding hydrogens is 272 g/mol. The van der Waals surface area contributed by atoms with Gasteiger partial charge in [-0.05, 0) is 0 Å². The third-order valence-electron chi connectivity index (χ3n) is 0.287. The van der Waals surface area contributed by atoms with Crippen LogP contribution in [0.25, 0.3) is 0 Å². The second-order valence-electron chi connectivity index (χ2n) is 0.752. The van der Waals surface area contributed by atoms with Crippen molar-refractivity contribution in [2.75, 3.05) is 6.61 Å². The standard InChI is InChI=1S/C3H5O2.Tl/c1-2-5-3-4;/h2H2,1H3;. The van der Waals surface area contributed by atoms with Crippen molar-refractivity contribution in [1.29, 1.82) is 0 Å². The van der Waals surface area contributed by atoms with E-state index >= 15 is 0 Å². The third kappa shape index (κ3) is 4.39. The molecule has 0 amide bonds. The zero-order valence-electron chi connectivity index (χ0n) is 3.60. The minimum atomic E-state index is -0.0440. The monoisotopic (exact) mass is 278 g/mol. The first-order chi connectivity index (χ1) is 2.77. The maximum absolute atomic E-state index is 9.90. The molecule has 0 aromatic rings.